The first-order valence-corrected chi connectivity index (χ1v) is 23.5. The smallest absolute Gasteiger partial charge is 0.230 e. The van der Waals surface area contributed by atoms with Gasteiger partial charge >= 0.3 is 0 Å². The number of allylic oxidation sites excluding steroid dienone is 1. The van der Waals surface area contributed by atoms with Gasteiger partial charge < -0.3 is 39.4 Å². The number of hydrogen-bond acceptors (Lipinski definition) is 13. The number of nitrogens with one attached hydrogen (secondary N) is 2. The number of benzene rings is 5. The first-order chi connectivity index (χ1) is 31.4. The number of aromatic hydroxyl groups is 1. The van der Waals surface area contributed by atoms with Crippen LogP contribution in [-0.2, 0) is 23.9 Å². The normalized spacial score (nSPS) is 21.3. The minimum atomic E-state index is -1.07. The molecule has 0 saturated heterocycles. The van der Waals surface area contributed by atoms with Gasteiger partial charge in [0.05, 0.1) is 49.4 Å². The maximum atomic E-state index is 15.5. The minimum absolute atomic E-state index is 0.00681. The second-order valence-corrected chi connectivity index (χ2v) is 19.4. The van der Waals surface area contributed by atoms with Gasteiger partial charge in [-0.3, -0.25) is 24.0 Å². The molecule has 13 heteroatoms. The predicted molar refractivity (Wildman–Crippen MR) is 260 cm³/mol. The number of phenolic OH excluding ortho intramolecular Hbond substituents is 1. The first kappa shape index (κ1) is 47.0. The lowest BCUT2D eigenvalue weighted by molar-refractivity contribution is -0.145. The lowest BCUT2D eigenvalue weighted by Gasteiger charge is -2.37. The topological polar surface area (TPSA) is 176 Å². The first-order valence-electron chi connectivity index (χ1n) is 23.5. The largest absolute Gasteiger partial charge is 0.507 e. The van der Waals surface area contributed by atoms with Crippen molar-refractivity contribution in [3.63, 3.8) is 0 Å². The Kier molecular flexibility index (Phi) is 12.5. The summed E-state index contributed by atoms with van der Waals surface area (Å²) < 4.78 is 30.3. The van der Waals surface area contributed by atoms with Gasteiger partial charge in [0.1, 0.15) is 34.2 Å². The second kappa shape index (κ2) is 17.6. The summed E-state index contributed by atoms with van der Waals surface area (Å²) in [5, 5.41) is 22.2. The van der Waals surface area contributed by atoms with Gasteiger partial charge in [-0.1, -0.05) is 37.3 Å². The fourth-order valence-electron chi connectivity index (χ4n) is 11.9. The summed E-state index contributed by atoms with van der Waals surface area (Å²) in [4.78, 5) is 73.6. The summed E-state index contributed by atoms with van der Waals surface area (Å²) in [6.45, 7) is 14.9. The van der Waals surface area contributed by atoms with E-state index < -0.39 is 45.9 Å². The number of carbonyl (C=O) groups excluding carboxylic acids is 3. The van der Waals surface area contributed by atoms with Crippen molar-refractivity contribution < 1.29 is 43.2 Å². The van der Waals surface area contributed by atoms with E-state index in [4.69, 9.17) is 23.7 Å². The maximum absolute atomic E-state index is 15.5. The maximum Gasteiger partial charge on any atom is 0.230 e. The summed E-state index contributed by atoms with van der Waals surface area (Å²) in [5.41, 5.74) is -1.13. The van der Waals surface area contributed by atoms with E-state index in [-0.39, 0.29) is 57.1 Å². The number of anilines is 2. The van der Waals surface area contributed by atoms with Crippen LogP contribution in [0.25, 0.3) is 49.2 Å². The molecule has 3 aliphatic carbocycles. The van der Waals surface area contributed by atoms with Crippen molar-refractivity contribution in [2.45, 2.75) is 136 Å². The van der Waals surface area contributed by atoms with Crippen LogP contribution in [0, 0.1) is 11.8 Å². The highest BCUT2D eigenvalue weighted by Crippen LogP contribution is 2.56. The average Bonchev–Trinajstić information content (AvgIpc) is 3.41. The molecule has 5 atom stereocenters. The number of ketones is 3. The Bertz CT molecular complexity index is 2940. The Balaban J connectivity index is 1.53. The standard InChI is InChI=1S/C53H64N2O11/c1-12-65-52(5,6)50(60)27-18-14-16-20-30(27)54-32-23-34(62-9)40-41-35(63-10)24-33(57)39-42(41)37-29(22-25(3)36(26(4)56)45-43(37)44(40)38(32)48(59)49(45)64-11)46(47(39)58)55-31-21-17-15-19-28(31)51(61)53(7,8)66-13-2/h22-24,27-28,30-31,36,54-55,57H,12-21H2,1-11H3. The SMILES string of the molecule is CCOC(C)(C)C(=O)C1CCCCC1Nc1c2c3c4c(c(OC)c(=O)c5c(NC6CCCCC6C(=O)C(C)(C)OCC)cc(OC)c(c6c(OC)cc(O)c(c1=O)c63)c54)C(C(C)=O)C(C)=C2. The zero-order chi connectivity index (χ0) is 47.7. The zero-order valence-corrected chi connectivity index (χ0v) is 40.2. The molecular weight excluding hydrogens is 841 g/mol. The molecule has 66 heavy (non-hydrogen) atoms. The Morgan fingerprint density at radius 2 is 1.18 bits per heavy atom. The van der Waals surface area contributed by atoms with Crippen molar-refractivity contribution in [1.82, 2.24) is 0 Å². The Morgan fingerprint density at radius 1 is 0.667 bits per heavy atom. The number of ether oxygens (including phenoxy) is 5. The molecule has 0 radical (unpaired) electrons. The third kappa shape index (κ3) is 7.32. The highest BCUT2D eigenvalue weighted by atomic mass is 16.5. The molecule has 0 aliphatic heterocycles. The number of hydrogen-bond donors (Lipinski definition) is 3. The van der Waals surface area contributed by atoms with Crippen LogP contribution in [0.1, 0.15) is 124 Å². The lowest BCUT2D eigenvalue weighted by atomic mass is 9.76. The van der Waals surface area contributed by atoms with Crippen LogP contribution in [0.4, 0.5) is 11.4 Å². The van der Waals surface area contributed by atoms with Gasteiger partial charge in [0.2, 0.25) is 10.9 Å². The molecule has 3 aliphatic rings. The number of fused-ring (bicyclic) bond motifs is 1. The molecule has 5 aromatic carbocycles. The summed E-state index contributed by atoms with van der Waals surface area (Å²) in [5.74, 6) is -2.03. The zero-order valence-electron chi connectivity index (χ0n) is 40.2. The van der Waals surface area contributed by atoms with E-state index >= 15 is 9.59 Å². The number of phenols is 1. The van der Waals surface area contributed by atoms with Crippen molar-refractivity contribution in [3.8, 4) is 23.0 Å². The predicted octanol–water partition coefficient (Wildman–Crippen LogP) is 9.43. The highest BCUT2D eigenvalue weighted by molar-refractivity contribution is 6.40. The van der Waals surface area contributed by atoms with E-state index in [2.05, 4.69) is 10.6 Å². The molecule has 0 heterocycles. The van der Waals surface area contributed by atoms with Crippen molar-refractivity contribution in [2.75, 3.05) is 45.2 Å². The summed E-state index contributed by atoms with van der Waals surface area (Å²) in [6, 6.07) is 2.32. The van der Waals surface area contributed by atoms with Crippen LogP contribution in [0.2, 0.25) is 0 Å². The van der Waals surface area contributed by atoms with Crippen LogP contribution < -0.4 is 35.7 Å². The highest BCUT2D eigenvalue weighted by Gasteiger charge is 2.43. The van der Waals surface area contributed by atoms with Gasteiger partial charge in [0.15, 0.2) is 17.3 Å². The Morgan fingerprint density at radius 3 is 1.70 bits per heavy atom. The average molecular weight is 905 g/mol. The van der Waals surface area contributed by atoms with Crippen LogP contribution in [0.15, 0.2) is 27.3 Å². The Labute approximate surface area is 385 Å². The van der Waals surface area contributed by atoms with Gasteiger partial charge in [-0.05, 0) is 86.5 Å². The molecule has 3 N–H and O–H groups in total. The molecule has 0 bridgehead atoms. The minimum Gasteiger partial charge on any atom is -0.507 e. The van der Waals surface area contributed by atoms with E-state index in [9.17, 15) is 19.5 Å². The van der Waals surface area contributed by atoms with Crippen molar-refractivity contribution in [3.05, 3.63) is 49.3 Å². The third-order valence-electron chi connectivity index (χ3n) is 14.7. The molecule has 352 valence electrons. The molecule has 8 rings (SSSR count). The van der Waals surface area contributed by atoms with Gasteiger partial charge in [-0.15, -0.1) is 0 Å². The number of rotatable bonds is 16. The quantitative estimate of drug-likeness (QED) is 0.0631. The van der Waals surface area contributed by atoms with E-state index in [1.165, 1.54) is 34.3 Å². The molecule has 13 nitrogen and oxygen atoms in total. The van der Waals surface area contributed by atoms with Crippen molar-refractivity contribution in [2.24, 2.45) is 11.8 Å². The van der Waals surface area contributed by atoms with Gasteiger partial charge in [0.25, 0.3) is 0 Å². The van der Waals surface area contributed by atoms with Crippen LogP contribution in [0.5, 0.6) is 23.0 Å². The van der Waals surface area contributed by atoms with Crippen LogP contribution >= 0.6 is 0 Å². The second-order valence-electron chi connectivity index (χ2n) is 19.4. The molecular formula is C53H64N2O11. The molecule has 5 unspecified atom stereocenters. The van der Waals surface area contributed by atoms with Gasteiger partial charge in [-0.25, -0.2) is 0 Å². The lowest BCUT2D eigenvalue weighted by Crippen LogP contribution is -2.47. The molecule has 0 aromatic heterocycles. The molecule has 0 spiro atoms. The van der Waals surface area contributed by atoms with Crippen LogP contribution in [-0.4, -0.2) is 80.3 Å². The fourth-order valence-corrected chi connectivity index (χ4v) is 11.9. The number of methoxy groups -OCH3 is 3. The summed E-state index contributed by atoms with van der Waals surface area (Å²) in [6.07, 6.45) is 7.69. The van der Waals surface area contributed by atoms with Gasteiger partial charge in [0, 0.05) is 87.3 Å². The van der Waals surface area contributed by atoms with E-state index in [0.717, 1.165) is 25.7 Å². The summed E-state index contributed by atoms with van der Waals surface area (Å²) in [7, 11) is 4.41. The Hall–Kier alpha value is -5.53. The van der Waals surface area contributed by atoms with E-state index in [1.807, 2.05) is 19.9 Å². The molecule has 5 aromatic rings. The summed E-state index contributed by atoms with van der Waals surface area (Å²) >= 11 is 0. The molecule has 0 amide bonds. The van der Waals surface area contributed by atoms with Gasteiger partial charge in [-0.2, -0.15) is 0 Å². The number of Topliss-reactive ketones (excluding diaryl/α,β-unsaturated/α-hetero) is 3. The van der Waals surface area contributed by atoms with E-state index in [0.29, 0.717) is 99.4 Å². The molecule has 2 saturated carbocycles. The van der Waals surface area contributed by atoms with Crippen LogP contribution in [0.3, 0.4) is 0 Å². The van der Waals surface area contributed by atoms with Crippen molar-refractivity contribution in [1.29, 1.82) is 0 Å². The van der Waals surface area contributed by atoms with E-state index in [1.54, 1.807) is 40.7 Å². The van der Waals surface area contributed by atoms with Crippen molar-refractivity contribution >= 4 is 77.9 Å². The number of carbonyl (C=O) groups is 3. The molecule has 2 fully saturated rings. The monoisotopic (exact) mass is 904 g/mol. The fraction of sp³-hybridized carbons (Fsp3) is 0.528. The third-order valence-corrected chi connectivity index (χ3v) is 14.7.